The van der Waals surface area contributed by atoms with E-state index in [1.54, 1.807) is 10.4 Å². The van der Waals surface area contributed by atoms with Gasteiger partial charge in [0.25, 0.3) is 0 Å². The lowest BCUT2D eigenvalue weighted by Crippen LogP contribution is -2.47. The number of ether oxygens (including phenoxy) is 1. The van der Waals surface area contributed by atoms with Gasteiger partial charge in [-0.25, -0.2) is 8.42 Å². The van der Waals surface area contributed by atoms with Crippen molar-refractivity contribution < 1.29 is 17.9 Å². The van der Waals surface area contributed by atoms with E-state index in [0.29, 0.717) is 37.6 Å². The molecule has 3 aliphatic rings. The van der Waals surface area contributed by atoms with E-state index in [-0.39, 0.29) is 17.9 Å². The highest BCUT2D eigenvalue weighted by Gasteiger charge is 2.42. The highest BCUT2D eigenvalue weighted by Crippen LogP contribution is 2.35. The first-order valence-electron chi connectivity index (χ1n) is 10.1. The van der Waals surface area contributed by atoms with Crippen LogP contribution in [0.1, 0.15) is 43.2 Å². The first kappa shape index (κ1) is 18.9. The van der Waals surface area contributed by atoms with E-state index in [2.05, 4.69) is 5.32 Å². The minimum atomic E-state index is -3.64. The molecule has 0 bridgehead atoms. The topological polar surface area (TPSA) is 75.7 Å². The van der Waals surface area contributed by atoms with Gasteiger partial charge in [-0.15, -0.1) is 0 Å². The Bertz CT molecular complexity index is 808. The minimum Gasteiger partial charge on any atom is -0.380 e. The van der Waals surface area contributed by atoms with Crippen molar-refractivity contribution in [2.24, 2.45) is 5.92 Å². The van der Waals surface area contributed by atoms with E-state index in [1.807, 2.05) is 12.1 Å². The van der Waals surface area contributed by atoms with Gasteiger partial charge in [-0.2, -0.15) is 4.31 Å². The lowest BCUT2D eigenvalue weighted by Gasteiger charge is -2.31. The SMILES string of the molecule is O=C1NCCOCCCN(S(=O)(=O)c2ccc3c(c2)CCC3)[C@H]2CCC[C@@H]12. The molecule has 1 aromatic carbocycles. The molecule has 2 aliphatic carbocycles. The van der Waals surface area contributed by atoms with Gasteiger partial charge < -0.3 is 10.1 Å². The van der Waals surface area contributed by atoms with Crippen LogP contribution in [0.15, 0.2) is 23.1 Å². The zero-order valence-electron chi connectivity index (χ0n) is 15.7. The summed E-state index contributed by atoms with van der Waals surface area (Å²) in [5.74, 6) is -0.315. The number of hydrogen-bond donors (Lipinski definition) is 1. The smallest absolute Gasteiger partial charge is 0.243 e. The summed E-state index contributed by atoms with van der Waals surface area (Å²) in [6.45, 7) is 1.86. The molecule has 1 aromatic rings. The summed E-state index contributed by atoms with van der Waals surface area (Å²) < 4.78 is 34.2. The molecule has 0 unspecified atom stereocenters. The third-order valence-electron chi connectivity index (χ3n) is 6.08. The first-order chi connectivity index (χ1) is 13.1. The predicted molar refractivity (Wildman–Crippen MR) is 102 cm³/mol. The lowest BCUT2D eigenvalue weighted by atomic mass is 10.0. The molecule has 0 radical (unpaired) electrons. The maximum Gasteiger partial charge on any atom is 0.243 e. The van der Waals surface area contributed by atoms with Crippen LogP contribution in [-0.4, -0.2) is 51.0 Å². The minimum absolute atomic E-state index is 0.0443. The van der Waals surface area contributed by atoms with Crippen LogP contribution in [0, 0.1) is 5.92 Å². The van der Waals surface area contributed by atoms with E-state index in [9.17, 15) is 13.2 Å². The van der Waals surface area contributed by atoms with Gasteiger partial charge in [0.05, 0.1) is 17.4 Å². The number of benzene rings is 1. The Kier molecular flexibility index (Phi) is 5.53. The van der Waals surface area contributed by atoms with Gasteiger partial charge in [0, 0.05) is 25.7 Å². The summed E-state index contributed by atoms with van der Waals surface area (Å²) >= 11 is 0. The number of fused-ring (bicyclic) bond motifs is 2. The second kappa shape index (κ2) is 7.89. The molecule has 0 spiro atoms. The highest BCUT2D eigenvalue weighted by atomic mass is 32.2. The Morgan fingerprint density at radius 3 is 2.78 bits per heavy atom. The standard InChI is InChI=1S/C20H28N2O4S/c23-20-18-6-2-7-19(18)22(11-3-12-26-13-10-21-20)27(24,25)17-9-8-15-4-1-5-16(15)14-17/h8-9,14,18-19H,1-7,10-13H2,(H,21,23)/t18-,19+/m1/s1. The lowest BCUT2D eigenvalue weighted by molar-refractivity contribution is -0.126. The van der Waals surface area contributed by atoms with Crippen molar-refractivity contribution in [3.05, 3.63) is 29.3 Å². The van der Waals surface area contributed by atoms with Gasteiger partial charge in [-0.3, -0.25) is 4.79 Å². The Morgan fingerprint density at radius 2 is 1.89 bits per heavy atom. The van der Waals surface area contributed by atoms with Crippen molar-refractivity contribution in [2.45, 2.75) is 55.9 Å². The van der Waals surface area contributed by atoms with Crippen LogP contribution in [0.3, 0.4) is 0 Å². The van der Waals surface area contributed by atoms with Gasteiger partial charge in [0.15, 0.2) is 0 Å². The number of hydrogen-bond acceptors (Lipinski definition) is 4. The normalized spacial score (nSPS) is 27.5. The van der Waals surface area contributed by atoms with Crippen molar-refractivity contribution in [1.29, 1.82) is 0 Å². The monoisotopic (exact) mass is 392 g/mol. The molecule has 1 saturated heterocycles. The van der Waals surface area contributed by atoms with Crippen LogP contribution in [0.5, 0.6) is 0 Å². The number of amides is 1. The molecular formula is C20H28N2O4S. The van der Waals surface area contributed by atoms with Crippen LogP contribution < -0.4 is 5.32 Å². The Hall–Kier alpha value is -1.44. The fourth-order valence-corrected chi connectivity index (χ4v) is 6.48. The number of sulfonamides is 1. The van der Waals surface area contributed by atoms with Gasteiger partial charge in [0.2, 0.25) is 15.9 Å². The maximum atomic E-state index is 13.5. The van der Waals surface area contributed by atoms with Crippen LogP contribution in [0.4, 0.5) is 0 Å². The summed E-state index contributed by atoms with van der Waals surface area (Å²) in [7, 11) is -3.64. The third kappa shape index (κ3) is 3.77. The van der Waals surface area contributed by atoms with Crippen molar-refractivity contribution in [1.82, 2.24) is 9.62 Å². The molecule has 4 rings (SSSR count). The molecule has 1 saturated carbocycles. The average molecular weight is 393 g/mol. The number of carbonyl (C=O) groups excluding carboxylic acids is 1. The molecule has 1 N–H and O–H groups in total. The van der Waals surface area contributed by atoms with Gasteiger partial charge in [0.1, 0.15) is 0 Å². The molecule has 7 heteroatoms. The fraction of sp³-hybridized carbons (Fsp3) is 0.650. The zero-order valence-corrected chi connectivity index (χ0v) is 16.5. The van der Waals surface area contributed by atoms with E-state index in [1.165, 1.54) is 5.56 Å². The molecule has 2 fully saturated rings. The van der Waals surface area contributed by atoms with Crippen LogP contribution >= 0.6 is 0 Å². The van der Waals surface area contributed by atoms with Crippen molar-refractivity contribution in [2.75, 3.05) is 26.3 Å². The molecule has 1 heterocycles. The molecule has 1 aliphatic heterocycles. The second-order valence-electron chi connectivity index (χ2n) is 7.76. The molecule has 148 valence electrons. The quantitative estimate of drug-likeness (QED) is 0.834. The number of nitrogens with one attached hydrogen (secondary N) is 1. The van der Waals surface area contributed by atoms with Crippen molar-refractivity contribution >= 4 is 15.9 Å². The van der Waals surface area contributed by atoms with E-state index in [4.69, 9.17) is 4.74 Å². The highest BCUT2D eigenvalue weighted by molar-refractivity contribution is 7.89. The van der Waals surface area contributed by atoms with Crippen LogP contribution in [-0.2, 0) is 32.4 Å². The fourth-order valence-electron chi connectivity index (χ4n) is 4.70. The zero-order chi connectivity index (χ0) is 18.9. The third-order valence-corrected chi connectivity index (χ3v) is 8.00. The number of nitrogens with zero attached hydrogens (tertiary/aromatic N) is 1. The van der Waals surface area contributed by atoms with Crippen LogP contribution in [0.2, 0.25) is 0 Å². The van der Waals surface area contributed by atoms with E-state index in [0.717, 1.165) is 44.1 Å². The summed E-state index contributed by atoms with van der Waals surface area (Å²) in [6, 6.07) is 5.29. The molecule has 0 aromatic heterocycles. The Labute approximate surface area is 161 Å². The summed E-state index contributed by atoms with van der Waals surface area (Å²) in [5, 5.41) is 2.91. The maximum absolute atomic E-state index is 13.5. The molecule has 1 amide bonds. The van der Waals surface area contributed by atoms with Crippen LogP contribution in [0.25, 0.3) is 0 Å². The van der Waals surface area contributed by atoms with Crippen molar-refractivity contribution in [3.63, 3.8) is 0 Å². The Morgan fingerprint density at radius 1 is 1.04 bits per heavy atom. The van der Waals surface area contributed by atoms with Crippen molar-refractivity contribution in [3.8, 4) is 0 Å². The van der Waals surface area contributed by atoms with E-state index < -0.39 is 10.0 Å². The predicted octanol–water partition coefficient (Wildman–Crippen LogP) is 1.87. The number of carbonyl (C=O) groups is 1. The largest absolute Gasteiger partial charge is 0.380 e. The molecule has 27 heavy (non-hydrogen) atoms. The summed E-state index contributed by atoms with van der Waals surface area (Å²) in [6.07, 6.45) is 6.07. The average Bonchev–Trinajstić information content (AvgIpc) is 3.31. The number of aryl methyl sites for hydroxylation is 2. The second-order valence-corrected chi connectivity index (χ2v) is 9.65. The molecular weight excluding hydrogens is 364 g/mol. The first-order valence-corrected chi connectivity index (χ1v) is 11.5. The van der Waals surface area contributed by atoms with Gasteiger partial charge in [-0.1, -0.05) is 12.5 Å². The Balaban J connectivity index is 1.67. The molecule has 2 atom stereocenters. The summed E-state index contributed by atoms with van der Waals surface area (Å²) in [4.78, 5) is 13.0. The summed E-state index contributed by atoms with van der Waals surface area (Å²) in [5.41, 5.74) is 2.41. The van der Waals surface area contributed by atoms with Gasteiger partial charge in [-0.05, 0) is 61.8 Å². The van der Waals surface area contributed by atoms with E-state index >= 15 is 0 Å². The molecule has 6 nitrogen and oxygen atoms in total. The number of rotatable bonds is 2. The van der Waals surface area contributed by atoms with Gasteiger partial charge >= 0.3 is 0 Å².